The van der Waals surface area contributed by atoms with Gasteiger partial charge in [-0.1, -0.05) is 32.9 Å². The quantitative estimate of drug-likeness (QED) is 0.807. The molecule has 0 aromatic heterocycles. The molecule has 0 radical (unpaired) electrons. The van der Waals surface area contributed by atoms with Crippen LogP contribution in [-0.2, 0) is 6.42 Å². The van der Waals surface area contributed by atoms with Crippen LogP contribution in [0.2, 0.25) is 0 Å². The molecule has 1 aliphatic rings. The van der Waals surface area contributed by atoms with Gasteiger partial charge in [0, 0.05) is 31.9 Å². The Morgan fingerprint density at radius 2 is 1.84 bits per heavy atom. The van der Waals surface area contributed by atoms with Gasteiger partial charge >= 0.3 is 0 Å². The molecule has 1 N–H and O–H groups in total. The van der Waals surface area contributed by atoms with E-state index in [4.69, 9.17) is 0 Å². The lowest BCUT2D eigenvalue weighted by Crippen LogP contribution is -2.39. The summed E-state index contributed by atoms with van der Waals surface area (Å²) in [5, 5.41) is 3.65. The summed E-state index contributed by atoms with van der Waals surface area (Å²) in [6, 6.07) is 9.75. The Bertz CT molecular complexity index is 390. The van der Waals surface area contributed by atoms with Gasteiger partial charge in [0.15, 0.2) is 0 Å². The summed E-state index contributed by atoms with van der Waals surface area (Å²) in [6.07, 6.45) is 3.84. The largest absolute Gasteiger partial charge is 0.374 e. The Hall–Kier alpha value is -1.02. The predicted molar refractivity (Wildman–Crippen MR) is 83.9 cm³/mol. The van der Waals surface area contributed by atoms with E-state index in [0.717, 1.165) is 25.6 Å². The summed E-state index contributed by atoms with van der Waals surface area (Å²) >= 11 is 0. The van der Waals surface area contributed by atoms with Gasteiger partial charge in [0.05, 0.1) is 0 Å². The van der Waals surface area contributed by atoms with Crippen molar-refractivity contribution in [3.63, 3.8) is 0 Å². The lowest BCUT2D eigenvalue weighted by molar-refractivity contribution is 0.345. The molecule has 1 aromatic carbocycles. The lowest BCUT2D eigenvalue weighted by atomic mass is 9.92. The van der Waals surface area contributed by atoms with Crippen molar-refractivity contribution in [2.24, 2.45) is 5.41 Å². The molecule has 106 valence electrons. The maximum atomic E-state index is 3.65. The van der Waals surface area contributed by atoms with Crippen molar-refractivity contribution in [2.45, 2.75) is 46.1 Å². The van der Waals surface area contributed by atoms with Crippen molar-refractivity contribution in [2.75, 3.05) is 25.0 Å². The molecule has 1 aromatic rings. The van der Waals surface area contributed by atoms with E-state index in [1.165, 1.54) is 24.1 Å². The maximum Gasteiger partial charge on any atom is 0.0363 e. The van der Waals surface area contributed by atoms with Crippen LogP contribution in [0.5, 0.6) is 0 Å². The summed E-state index contributed by atoms with van der Waals surface area (Å²) in [6.45, 7) is 9.08. The second-order valence-electron chi connectivity index (χ2n) is 6.70. The van der Waals surface area contributed by atoms with E-state index in [1.807, 2.05) is 0 Å². The molecule has 0 amide bonds. The molecule has 0 spiro atoms. The number of benzene rings is 1. The van der Waals surface area contributed by atoms with Gasteiger partial charge in [0.1, 0.15) is 0 Å². The molecule has 2 heteroatoms. The normalized spacial score (nSPS) is 15.6. The Kier molecular flexibility index (Phi) is 4.51. The van der Waals surface area contributed by atoms with E-state index in [2.05, 4.69) is 62.3 Å². The van der Waals surface area contributed by atoms with Gasteiger partial charge < -0.3 is 10.2 Å². The molecule has 2 rings (SSSR count). The van der Waals surface area contributed by atoms with Crippen molar-refractivity contribution in [3.05, 3.63) is 29.8 Å². The van der Waals surface area contributed by atoms with E-state index in [1.54, 1.807) is 0 Å². The van der Waals surface area contributed by atoms with Crippen LogP contribution in [0.1, 0.15) is 39.2 Å². The van der Waals surface area contributed by atoms with E-state index in [0.29, 0.717) is 5.41 Å². The third kappa shape index (κ3) is 4.54. The highest BCUT2D eigenvalue weighted by atomic mass is 15.1. The van der Waals surface area contributed by atoms with Crippen LogP contribution in [0.15, 0.2) is 24.3 Å². The molecule has 1 fully saturated rings. The standard InChI is InChI=1S/C17H28N2/c1-5-14-6-10-16(11-7-14)19(4)13-17(2,3)12-18-15-8-9-15/h6-7,10-11,15,18H,5,8-9,12-13H2,1-4H3. The van der Waals surface area contributed by atoms with Gasteiger partial charge in [-0.2, -0.15) is 0 Å². The minimum absolute atomic E-state index is 0.306. The van der Waals surface area contributed by atoms with Crippen LogP contribution < -0.4 is 10.2 Å². The fourth-order valence-electron chi connectivity index (χ4n) is 2.48. The Morgan fingerprint density at radius 1 is 1.21 bits per heavy atom. The van der Waals surface area contributed by atoms with E-state index < -0.39 is 0 Å². The lowest BCUT2D eigenvalue weighted by Gasteiger charge is -2.32. The summed E-state index contributed by atoms with van der Waals surface area (Å²) in [4.78, 5) is 2.37. The van der Waals surface area contributed by atoms with Gasteiger partial charge in [-0.15, -0.1) is 0 Å². The van der Waals surface area contributed by atoms with Crippen LogP contribution in [0.3, 0.4) is 0 Å². The number of aryl methyl sites for hydroxylation is 1. The third-order valence-corrected chi connectivity index (χ3v) is 3.90. The molecule has 1 saturated carbocycles. The molecule has 19 heavy (non-hydrogen) atoms. The first-order chi connectivity index (χ1) is 9.00. The number of hydrogen-bond acceptors (Lipinski definition) is 2. The van der Waals surface area contributed by atoms with Gasteiger partial charge in [0.2, 0.25) is 0 Å². The zero-order valence-corrected chi connectivity index (χ0v) is 12.9. The van der Waals surface area contributed by atoms with Gasteiger partial charge in [0.25, 0.3) is 0 Å². The SMILES string of the molecule is CCc1ccc(N(C)CC(C)(C)CNC2CC2)cc1. The second-order valence-corrected chi connectivity index (χ2v) is 6.70. The molecule has 0 bridgehead atoms. The fourth-order valence-corrected chi connectivity index (χ4v) is 2.48. The highest BCUT2D eigenvalue weighted by Crippen LogP contribution is 2.24. The van der Waals surface area contributed by atoms with Crippen LogP contribution >= 0.6 is 0 Å². The Morgan fingerprint density at radius 3 is 2.37 bits per heavy atom. The summed E-state index contributed by atoms with van der Waals surface area (Å²) in [5.74, 6) is 0. The highest BCUT2D eigenvalue weighted by Gasteiger charge is 2.26. The molecule has 0 unspecified atom stereocenters. The monoisotopic (exact) mass is 260 g/mol. The van der Waals surface area contributed by atoms with E-state index in [-0.39, 0.29) is 0 Å². The third-order valence-electron chi connectivity index (χ3n) is 3.90. The molecule has 0 heterocycles. The first-order valence-electron chi connectivity index (χ1n) is 7.53. The zero-order valence-electron chi connectivity index (χ0n) is 12.9. The van der Waals surface area contributed by atoms with Crippen molar-refractivity contribution in [1.82, 2.24) is 5.32 Å². The maximum absolute atomic E-state index is 3.65. The zero-order chi connectivity index (χ0) is 13.9. The predicted octanol–water partition coefficient (Wildman–Crippen LogP) is 3.46. The molecule has 0 atom stereocenters. The van der Waals surface area contributed by atoms with Crippen molar-refractivity contribution in [1.29, 1.82) is 0 Å². The van der Waals surface area contributed by atoms with Crippen LogP contribution in [0, 0.1) is 5.41 Å². The van der Waals surface area contributed by atoms with Crippen LogP contribution in [-0.4, -0.2) is 26.2 Å². The number of rotatable bonds is 7. The van der Waals surface area contributed by atoms with Crippen molar-refractivity contribution >= 4 is 5.69 Å². The number of nitrogens with one attached hydrogen (secondary N) is 1. The topological polar surface area (TPSA) is 15.3 Å². The van der Waals surface area contributed by atoms with Crippen molar-refractivity contribution in [3.8, 4) is 0 Å². The Balaban J connectivity index is 1.88. The average molecular weight is 260 g/mol. The smallest absolute Gasteiger partial charge is 0.0363 e. The van der Waals surface area contributed by atoms with Crippen molar-refractivity contribution < 1.29 is 0 Å². The molecular weight excluding hydrogens is 232 g/mol. The van der Waals surface area contributed by atoms with Gasteiger partial charge in [-0.25, -0.2) is 0 Å². The van der Waals surface area contributed by atoms with Crippen LogP contribution in [0.4, 0.5) is 5.69 Å². The second kappa shape index (κ2) is 5.96. The molecule has 0 aliphatic heterocycles. The number of hydrogen-bond donors (Lipinski definition) is 1. The minimum atomic E-state index is 0.306. The van der Waals surface area contributed by atoms with Crippen LogP contribution in [0.25, 0.3) is 0 Å². The van der Waals surface area contributed by atoms with E-state index >= 15 is 0 Å². The molecule has 2 nitrogen and oxygen atoms in total. The summed E-state index contributed by atoms with van der Waals surface area (Å²) < 4.78 is 0. The molecular formula is C17H28N2. The highest BCUT2D eigenvalue weighted by molar-refractivity contribution is 5.47. The first kappa shape index (κ1) is 14.4. The molecule has 1 aliphatic carbocycles. The number of nitrogens with zero attached hydrogens (tertiary/aromatic N) is 1. The first-order valence-corrected chi connectivity index (χ1v) is 7.53. The number of anilines is 1. The van der Waals surface area contributed by atoms with Gasteiger partial charge in [-0.05, 0) is 42.4 Å². The minimum Gasteiger partial charge on any atom is -0.374 e. The van der Waals surface area contributed by atoms with Gasteiger partial charge in [-0.3, -0.25) is 0 Å². The summed E-state index contributed by atoms with van der Waals surface area (Å²) in [7, 11) is 2.19. The average Bonchev–Trinajstić information content (AvgIpc) is 3.20. The Labute approximate surface area is 118 Å². The van der Waals surface area contributed by atoms with E-state index in [9.17, 15) is 0 Å². The molecule has 0 saturated heterocycles. The fraction of sp³-hybridized carbons (Fsp3) is 0.647. The summed E-state index contributed by atoms with van der Waals surface area (Å²) in [5.41, 5.74) is 3.03.